The van der Waals surface area contributed by atoms with Gasteiger partial charge >= 0.3 is 0 Å². The molecule has 5 nitrogen and oxygen atoms in total. The predicted octanol–water partition coefficient (Wildman–Crippen LogP) is 2.59. The Hall–Kier alpha value is -0.850. The summed E-state index contributed by atoms with van der Waals surface area (Å²) in [4.78, 5) is 0. The summed E-state index contributed by atoms with van der Waals surface area (Å²) < 4.78 is 32.0. The summed E-state index contributed by atoms with van der Waals surface area (Å²) in [6, 6.07) is 3.29. The third-order valence-electron chi connectivity index (χ3n) is 3.94. The Labute approximate surface area is 127 Å². The number of nitrogens with zero attached hydrogens (tertiary/aromatic N) is 1. The van der Waals surface area contributed by atoms with E-state index in [0.717, 1.165) is 12.8 Å². The summed E-state index contributed by atoms with van der Waals surface area (Å²) >= 11 is 0. The van der Waals surface area contributed by atoms with Crippen molar-refractivity contribution in [2.24, 2.45) is 5.92 Å². The molecule has 0 bridgehead atoms. The molecular weight excluding hydrogens is 288 g/mol. The molecule has 1 aliphatic carbocycles. The lowest BCUT2D eigenvalue weighted by molar-refractivity contribution is 0.326. The molecule has 0 spiro atoms. The molecule has 1 N–H and O–H groups in total. The number of nitrogens with one attached hydrogen (secondary N) is 1. The predicted molar refractivity (Wildman–Crippen MR) is 82.4 cm³/mol. The molecule has 1 saturated carbocycles. The van der Waals surface area contributed by atoms with Gasteiger partial charge in [-0.05, 0) is 58.6 Å². The molecule has 1 unspecified atom stereocenters. The second-order valence-electron chi connectivity index (χ2n) is 6.92. The van der Waals surface area contributed by atoms with Gasteiger partial charge in [-0.15, -0.1) is 0 Å². The Bertz CT molecular complexity index is 582. The maximum absolute atomic E-state index is 12.5. The van der Waals surface area contributed by atoms with Crippen LogP contribution in [0.3, 0.4) is 0 Å². The van der Waals surface area contributed by atoms with Gasteiger partial charge in [0.15, 0.2) is 0 Å². The molecule has 6 heteroatoms. The van der Waals surface area contributed by atoms with Gasteiger partial charge in [-0.25, -0.2) is 8.42 Å². The Kier molecular flexibility index (Phi) is 4.52. The van der Waals surface area contributed by atoms with Gasteiger partial charge in [0.25, 0.3) is 10.0 Å². The van der Waals surface area contributed by atoms with E-state index in [1.54, 1.807) is 19.2 Å². The Morgan fingerprint density at radius 3 is 2.52 bits per heavy atom. The van der Waals surface area contributed by atoms with E-state index in [1.165, 1.54) is 4.31 Å². The quantitative estimate of drug-likeness (QED) is 0.876. The molecule has 0 radical (unpaired) electrons. The zero-order chi connectivity index (χ0) is 15.8. The lowest BCUT2D eigenvalue weighted by atomic mass is 10.1. The molecule has 1 heterocycles. The monoisotopic (exact) mass is 314 g/mol. The SMILES string of the molecule is CC(C1CC1)N(C)S(=O)(=O)c1ccc(CNC(C)(C)C)o1. The first-order valence-electron chi connectivity index (χ1n) is 7.43. The first kappa shape index (κ1) is 16.5. The molecule has 0 aromatic carbocycles. The fourth-order valence-corrected chi connectivity index (χ4v) is 3.53. The van der Waals surface area contributed by atoms with Crippen LogP contribution in [-0.4, -0.2) is 31.4 Å². The molecule has 1 aliphatic rings. The molecule has 0 saturated heterocycles. The second-order valence-corrected chi connectivity index (χ2v) is 8.85. The highest BCUT2D eigenvalue weighted by molar-refractivity contribution is 7.89. The van der Waals surface area contributed by atoms with E-state index < -0.39 is 10.0 Å². The minimum atomic E-state index is -3.54. The molecule has 21 heavy (non-hydrogen) atoms. The van der Waals surface area contributed by atoms with Crippen LogP contribution in [0.2, 0.25) is 0 Å². The summed E-state index contributed by atoms with van der Waals surface area (Å²) in [6.07, 6.45) is 2.22. The van der Waals surface area contributed by atoms with Crippen LogP contribution in [0.5, 0.6) is 0 Å². The van der Waals surface area contributed by atoms with Crippen LogP contribution in [-0.2, 0) is 16.6 Å². The molecule has 2 rings (SSSR count). The van der Waals surface area contributed by atoms with E-state index in [4.69, 9.17) is 4.42 Å². The van der Waals surface area contributed by atoms with Crippen LogP contribution in [0.4, 0.5) is 0 Å². The van der Waals surface area contributed by atoms with Gasteiger partial charge in [0, 0.05) is 18.6 Å². The van der Waals surface area contributed by atoms with Gasteiger partial charge in [-0.2, -0.15) is 4.31 Å². The van der Waals surface area contributed by atoms with Crippen LogP contribution in [0.15, 0.2) is 21.6 Å². The molecule has 1 aromatic rings. The number of hydrogen-bond acceptors (Lipinski definition) is 4. The summed E-state index contributed by atoms with van der Waals surface area (Å²) in [5, 5.41) is 3.31. The summed E-state index contributed by atoms with van der Waals surface area (Å²) in [7, 11) is -1.90. The Morgan fingerprint density at radius 2 is 2.00 bits per heavy atom. The number of furan rings is 1. The number of hydrogen-bond donors (Lipinski definition) is 1. The van der Waals surface area contributed by atoms with Crippen LogP contribution in [0, 0.1) is 5.92 Å². The topological polar surface area (TPSA) is 62.6 Å². The summed E-state index contributed by atoms with van der Waals surface area (Å²) in [5.74, 6) is 1.12. The fraction of sp³-hybridized carbons (Fsp3) is 0.733. The zero-order valence-corrected chi connectivity index (χ0v) is 14.3. The molecular formula is C15H26N2O3S. The minimum Gasteiger partial charge on any atom is -0.447 e. The molecule has 0 aliphatic heterocycles. The van der Waals surface area contributed by atoms with Gasteiger partial charge in [-0.1, -0.05) is 0 Å². The van der Waals surface area contributed by atoms with E-state index >= 15 is 0 Å². The van der Waals surface area contributed by atoms with Crippen molar-refractivity contribution in [2.45, 2.75) is 63.8 Å². The van der Waals surface area contributed by atoms with Crippen molar-refractivity contribution in [1.29, 1.82) is 0 Å². The summed E-state index contributed by atoms with van der Waals surface area (Å²) in [5.41, 5.74) is -0.0386. The maximum atomic E-state index is 12.5. The second kappa shape index (κ2) is 5.74. The van der Waals surface area contributed by atoms with Gasteiger partial charge in [0.2, 0.25) is 5.09 Å². The van der Waals surface area contributed by atoms with E-state index in [-0.39, 0.29) is 16.7 Å². The lowest BCUT2D eigenvalue weighted by Gasteiger charge is -2.22. The van der Waals surface area contributed by atoms with Gasteiger partial charge < -0.3 is 9.73 Å². The summed E-state index contributed by atoms with van der Waals surface area (Å²) in [6.45, 7) is 8.64. The third kappa shape index (κ3) is 4.08. The molecule has 1 fully saturated rings. The molecule has 1 atom stereocenters. The normalized spacial score (nSPS) is 18.2. The van der Waals surface area contributed by atoms with E-state index in [1.807, 2.05) is 6.92 Å². The first-order chi connectivity index (χ1) is 9.61. The Morgan fingerprint density at radius 1 is 1.38 bits per heavy atom. The first-order valence-corrected chi connectivity index (χ1v) is 8.87. The van der Waals surface area contributed by atoms with Crippen molar-refractivity contribution < 1.29 is 12.8 Å². The maximum Gasteiger partial charge on any atom is 0.276 e. The molecule has 1 aromatic heterocycles. The van der Waals surface area contributed by atoms with Gasteiger partial charge in [0.1, 0.15) is 5.76 Å². The van der Waals surface area contributed by atoms with E-state index in [0.29, 0.717) is 18.2 Å². The smallest absolute Gasteiger partial charge is 0.276 e. The van der Waals surface area contributed by atoms with Crippen molar-refractivity contribution in [3.8, 4) is 0 Å². The van der Waals surface area contributed by atoms with E-state index in [2.05, 4.69) is 26.1 Å². The largest absolute Gasteiger partial charge is 0.447 e. The van der Waals surface area contributed by atoms with Crippen molar-refractivity contribution in [2.75, 3.05) is 7.05 Å². The van der Waals surface area contributed by atoms with Crippen LogP contribution >= 0.6 is 0 Å². The van der Waals surface area contributed by atoms with Crippen LogP contribution < -0.4 is 5.32 Å². The fourth-order valence-electron chi connectivity index (χ4n) is 2.18. The average molecular weight is 314 g/mol. The third-order valence-corrected chi connectivity index (χ3v) is 5.76. The number of sulfonamides is 1. The zero-order valence-electron chi connectivity index (χ0n) is 13.5. The molecule has 0 amide bonds. The van der Waals surface area contributed by atoms with Crippen LogP contribution in [0.1, 0.15) is 46.3 Å². The molecule has 120 valence electrons. The van der Waals surface area contributed by atoms with Crippen molar-refractivity contribution >= 4 is 10.0 Å². The minimum absolute atomic E-state index is 0.0243. The highest BCUT2D eigenvalue weighted by Gasteiger charge is 2.37. The van der Waals surface area contributed by atoms with Gasteiger partial charge in [-0.3, -0.25) is 0 Å². The number of rotatable bonds is 6. The lowest BCUT2D eigenvalue weighted by Crippen LogP contribution is -2.36. The standard InChI is InChI=1S/C15H26N2O3S/c1-11(12-6-7-12)17(5)21(18,19)14-9-8-13(20-14)10-16-15(2,3)4/h8-9,11-12,16H,6-7,10H2,1-5H3. The van der Waals surface area contributed by atoms with Crippen LogP contribution in [0.25, 0.3) is 0 Å². The van der Waals surface area contributed by atoms with Crippen molar-refractivity contribution in [3.63, 3.8) is 0 Å². The Balaban J connectivity index is 2.08. The highest BCUT2D eigenvalue weighted by atomic mass is 32.2. The van der Waals surface area contributed by atoms with Crippen molar-refractivity contribution in [1.82, 2.24) is 9.62 Å². The van der Waals surface area contributed by atoms with Crippen molar-refractivity contribution in [3.05, 3.63) is 17.9 Å². The highest BCUT2D eigenvalue weighted by Crippen LogP contribution is 2.36. The van der Waals surface area contributed by atoms with E-state index in [9.17, 15) is 8.42 Å². The average Bonchev–Trinajstić information content (AvgIpc) is 3.11. The van der Waals surface area contributed by atoms with Gasteiger partial charge in [0.05, 0.1) is 6.54 Å².